The van der Waals surface area contributed by atoms with Gasteiger partial charge >= 0.3 is 6.03 Å². The second-order valence-corrected chi connectivity index (χ2v) is 5.97. The summed E-state index contributed by atoms with van der Waals surface area (Å²) in [5.74, 6) is 1.33. The molecule has 0 saturated carbocycles. The monoisotopic (exact) mass is 329 g/mol. The highest BCUT2D eigenvalue weighted by atomic mass is 16.3. The Hall–Kier alpha value is -2.76. The fraction of sp³-hybridized carbons (Fsp3) is 0.333. The van der Waals surface area contributed by atoms with Crippen LogP contribution in [0.15, 0.2) is 40.8 Å². The van der Waals surface area contributed by atoms with Gasteiger partial charge in [-0.25, -0.2) is 4.79 Å². The number of rotatable bonds is 5. The third-order valence-corrected chi connectivity index (χ3v) is 3.36. The lowest BCUT2D eigenvalue weighted by Gasteiger charge is -2.18. The zero-order chi connectivity index (χ0) is 17.7. The minimum absolute atomic E-state index is 0.0118. The molecule has 0 atom stereocenters. The zero-order valence-electron chi connectivity index (χ0n) is 14.4. The Balaban J connectivity index is 2.12. The molecule has 128 valence electrons. The summed E-state index contributed by atoms with van der Waals surface area (Å²) in [4.78, 5) is 26.1. The maximum atomic E-state index is 12.7. The summed E-state index contributed by atoms with van der Waals surface area (Å²) in [6.45, 7) is 5.96. The molecule has 0 unspecified atom stereocenters. The molecule has 0 aliphatic heterocycles. The van der Waals surface area contributed by atoms with Gasteiger partial charge in [0.1, 0.15) is 11.5 Å². The van der Waals surface area contributed by atoms with E-state index in [9.17, 15) is 9.59 Å². The van der Waals surface area contributed by atoms with Crippen LogP contribution in [0.25, 0.3) is 0 Å². The van der Waals surface area contributed by atoms with Crippen LogP contribution < -0.4 is 10.6 Å². The summed E-state index contributed by atoms with van der Waals surface area (Å²) in [7, 11) is 1.70. The van der Waals surface area contributed by atoms with Crippen LogP contribution in [0.1, 0.15) is 35.7 Å². The van der Waals surface area contributed by atoms with Gasteiger partial charge in [0.15, 0.2) is 0 Å². The third kappa shape index (κ3) is 4.62. The smallest absolute Gasteiger partial charge is 0.319 e. The van der Waals surface area contributed by atoms with Gasteiger partial charge in [-0.05, 0) is 45.0 Å². The summed E-state index contributed by atoms with van der Waals surface area (Å²) in [6, 6.07) is 10.3. The van der Waals surface area contributed by atoms with Gasteiger partial charge in [0, 0.05) is 13.1 Å². The molecule has 6 heteroatoms. The summed E-state index contributed by atoms with van der Waals surface area (Å²) < 4.78 is 5.51. The molecule has 2 rings (SSSR count). The highest BCUT2D eigenvalue weighted by molar-refractivity contribution is 6.03. The van der Waals surface area contributed by atoms with Crippen molar-refractivity contribution in [3.05, 3.63) is 53.5 Å². The number of amides is 3. The molecule has 0 aliphatic rings. The average molecular weight is 329 g/mol. The van der Waals surface area contributed by atoms with Crippen LogP contribution in [-0.2, 0) is 6.54 Å². The van der Waals surface area contributed by atoms with Crippen molar-refractivity contribution in [3.63, 3.8) is 0 Å². The minimum atomic E-state index is -0.338. The van der Waals surface area contributed by atoms with Crippen LogP contribution in [0.5, 0.6) is 0 Å². The number of carbonyl (C=O) groups is 2. The van der Waals surface area contributed by atoms with Crippen molar-refractivity contribution in [3.8, 4) is 0 Å². The number of para-hydroxylation sites is 1. The Morgan fingerprint density at radius 1 is 1.17 bits per heavy atom. The Morgan fingerprint density at radius 3 is 2.50 bits per heavy atom. The first-order chi connectivity index (χ1) is 11.4. The van der Waals surface area contributed by atoms with E-state index in [-0.39, 0.29) is 18.0 Å². The number of hydrogen-bond donors (Lipinski definition) is 2. The molecule has 3 amide bonds. The minimum Gasteiger partial charge on any atom is -0.464 e. The first-order valence-corrected chi connectivity index (χ1v) is 7.84. The van der Waals surface area contributed by atoms with E-state index in [4.69, 9.17) is 4.42 Å². The number of aryl methyl sites for hydroxylation is 1. The SMILES string of the molecule is Cc1ccc(CN(C)C(=O)c2ccccc2NC(=O)NC(C)C)o1. The van der Waals surface area contributed by atoms with E-state index >= 15 is 0 Å². The standard InChI is InChI=1S/C18H23N3O3/c1-12(2)19-18(23)20-16-8-6-5-7-15(16)17(22)21(4)11-14-10-9-13(3)24-14/h5-10,12H,11H2,1-4H3,(H2,19,20,23). The second-order valence-electron chi connectivity index (χ2n) is 5.97. The average Bonchev–Trinajstić information content (AvgIpc) is 2.91. The largest absolute Gasteiger partial charge is 0.464 e. The van der Waals surface area contributed by atoms with Crippen LogP contribution in [0, 0.1) is 6.92 Å². The summed E-state index contributed by atoms with van der Waals surface area (Å²) in [6.07, 6.45) is 0. The van der Waals surface area contributed by atoms with E-state index in [1.165, 1.54) is 0 Å². The van der Waals surface area contributed by atoms with Gasteiger partial charge in [-0.1, -0.05) is 12.1 Å². The molecule has 1 heterocycles. The number of urea groups is 1. The maximum Gasteiger partial charge on any atom is 0.319 e. The molecule has 1 aromatic carbocycles. The molecule has 2 aromatic rings. The quantitative estimate of drug-likeness (QED) is 0.883. The molecule has 1 aromatic heterocycles. The van der Waals surface area contributed by atoms with Gasteiger partial charge in [-0.3, -0.25) is 4.79 Å². The van der Waals surface area contributed by atoms with Crippen molar-refractivity contribution in [1.82, 2.24) is 10.2 Å². The Morgan fingerprint density at radius 2 is 1.88 bits per heavy atom. The normalized spacial score (nSPS) is 10.5. The maximum absolute atomic E-state index is 12.7. The van der Waals surface area contributed by atoms with Crippen molar-refractivity contribution in [2.24, 2.45) is 0 Å². The van der Waals surface area contributed by atoms with E-state index in [0.29, 0.717) is 23.6 Å². The predicted octanol–water partition coefficient (Wildman–Crippen LogP) is 3.39. The van der Waals surface area contributed by atoms with Gasteiger partial charge in [-0.2, -0.15) is 0 Å². The van der Waals surface area contributed by atoms with Crippen LogP contribution in [0.4, 0.5) is 10.5 Å². The van der Waals surface area contributed by atoms with Gasteiger partial charge in [0.25, 0.3) is 5.91 Å². The second kappa shape index (κ2) is 7.68. The van der Waals surface area contributed by atoms with E-state index in [1.54, 1.807) is 36.2 Å². The van der Waals surface area contributed by atoms with Crippen molar-refractivity contribution < 1.29 is 14.0 Å². The highest BCUT2D eigenvalue weighted by Crippen LogP contribution is 2.18. The Kier molecular flexibility index (Phi) is 5.63. The number of furan rings is 1. The molecule has 6 nitrogen and oxygen atoms in total. The Labute approximate surface area is 141 Å². The number of carbonyl (C=O) groups excluding carboxylic acids is 2. The van der Waals surface area contributed by atoms with Crippen LogP contribution in [0.3, 0.4) is 0 Å². The number of benzene rings is 1. The summed E-state index contributed by atoms with van der Waals surface area (Å²) in [5.41, 5.74) is 0.908. The van der Waals surface area contributed by atoms with E-state index < -0.39 is 0 Å². The third-order valence-electron chi connectivity index (χ3n) is 3.36. The lowest BCUT2D eigenvalue weighted by atomic mass is 10.1. The molecule has 2 N–H and O–H groups in total. The lowest BCUT2D eigenvalue weighted by molar-refractivity contribution is 0.0776. The lowest BCUT2D eigenvalue weighted by Crippen LogP contribution is -2.35. The van der Waals surface area contributed by atoms with Gasteiger partial charge in [-0.15, -0.1) is 0 Å². The number of nitrogens with zero attached hydrogens (tertiary/aromatic N) is 1. The van der Waals surface area contributed by atoms with Gasteiger partial charge < -0.3 is 20.0 Å². The number of hydrogen-bond acceptors (Lipinski definition) is 3. The molecule has 24 heavy (non-hydrogen) atoms. The summed E-state index contributed by atoms with van der Waals surface area (Å²) in [5, 5.41) is 5.46. The highest BCUT2D eigenvalue weighted by Gasteiger charge is 2.18. The molecular formula is C18H23N3O3. The molecule has 0 bridgehead atoms. The number of anilines is 1. The molecule has 0 saturated heterocycles. The molecular weight excluding hydrogens is 306 g/mol. The van der Waals surface area contributed by atoms with Crippen LogP contribution in [0.2, 0.25) is 0 Å². The molecule has 0 spiro atoms. The van der Waals surface area contributed by atoms with Crippen molar-refractivity contribution in [1.29, 1.82) is 0 Å². The topological polar surface area (TPSA) is 74.6 Å². The Bertz CT molecular complexity index is 722. The summed E-state index contributed by atoms with van der Waals surface area (Å²) >= 11 is 0. The molecule has 0 radical (unpaired) electrons. The van der Waals surface area contributed by atoms with Crippen LogP contribution >= 0.6 is 0 Å². The number of nitrogens with one attached hydrogen (secondary N) is 2. The first kappa shape index (κ1) is 17.6. The zero-order valence-corrected chi connectivity index (χ0v) is 14.4. The fourth-order valence-corrected chi connectivity index (χ4v) is 2.28. The van der Waals surface area contributed by atoms with Crippen molar-refractivity contribution in [2.75, 3.05) is 12.4 Å². The fourth-order valence-electron chi connectivity index (χ4n) is 2.28. The van der Waals surface area contributed by atoms with E-state index in [1.807, 2.05) is 32.9 Å². The molecule has 0 aliphatic carbocycles. The predicted molar refractivity (Wildman–Crippen MR) is 93.0 cm³/mol. The van der Waals surface area contributed by atoms with Crippen molar-refractivity contribution in [2.45, 2.75) is 33.4 Å². The van der Waals surface area contributed by atoms with Gasteiger partial charge in [0.2, 0.25) is 0 Å². The van der Waals surface area contributed by atoms with E-state index in [0.717, 1.165) is 5.76 Å². The molecule has 0 fully saturated rings. The van der Waals surface area contributed by atoms with Gasteiger partial charge in [0.05, 0.1) is 17.8 Å². The van der Waals surface area contributed by atoms with Crippen molar-refractivity contribution >= 4 is 17.6 Å². The van der Waals surface area contributed by atoms with E-state index in [2.05, 4.69) is 10.6 Å². The van der Waals surface area contributed by atoms with Crippen LogP contribution in [-0.4, -0.2) is 29.9 Å². The first-order valence-electron chi connectivity index (χ1n) is 7.84.